The smallest absolute Gasteiger partial charge is 0.337 e. The van der Waals surface area contributed by atoms with E-state index in [1.807, 2.05) is 0 Å². The second kappa shape index (κ2) is 4.60. The van der Waals surface area contributed by atoms with Crippen molar-refractivity contribution in [2.24, 2.45) is 0 Å². The molecule has 0 spiro atoms. The molecule has 0 aliphatic rings. The molecule has 2 heterocycles. The zero-order valence-electron chi connectivity index (χ0n) is 8.74. The zero-order chi connectivity index (χ0) is 12.3. The van der Waals surface area contributed by atoms with Gasteiger partial charge >= 0.3 is 5.97 Å². The van der Waals surface area contributed by atoms with Crippen LogP contribution in [0.25, 0.3) is 0 Å². The molecule has 17 heavy (non-hydrogen) atoms. The molecule has 0 bridgehead atoms. The first kappa shape index (κ1) is 11.1. The van der Waals surface area contributed by atoms with E-state index in [1.54, 1.807) is 0 Å². The number of carboxylic acid groups (broad SMARTS) is 1. The van der Waals surface area contributed by atoms with Crippen LogP contribution in [-0.4, -0.2) is 25.8 Å². The Morgan fingerprint density at radius 1 is 1.47 bits per heavy atom. The fourth-order valence-electron chi connectivity index (χ4n) is 1.36. The molecular formula is C10H9N3O4. The number of pyridine rings is 1. The summed E-state index contributed by atoms with van der Waals surface area (Å²) in [6.07, 6.45) is 2.90. The van der Waals surface area contributed by atoms with Crippen molar-refractivity contribution in [2.75, 3.05) is 0 Å². The molecule has 88 valence electrons. The van der Waals surface area contributed by atoms with Gasteiger partial charge in [-0.2, -0.15) is 4.98 Å². The van der Waals surface area contributed by atoms with Gasteiger partial charge in [0.05, 0.1) is 5.56 Å². The summed E-state index contributed by atoms with van der Waals surface area (Å²) in [5.41, 5.74) is -0.198. The third-order valence-corrected chi connectivity index (χ3v) is 2.21. The number of carboxylic acids is 1. The summed E-state index contributed by atoms with van der Waals surface area (Å²) in [5.74, 6) is -0.601. The van der Waals surface area contributed by atoms with Crippen molar-refractivity contribution in [3.63, 3.8) is 0 Å². The minimum absolute atomic E-state index is 0.0673. The maximum absolute atomic E-state index is 11.5. The van der Waals surface area contributed by atoms with Crippen LogP contribution in [0, 0.1) is 0 Å². The summed E-state index contributed by atoms with van der Waals surface area (Å²) in [5, 5.41) is 12.4. The quantitative estimate of drug-likeness (QED) is 0.811. The number of aromatic carboxylic acids is 1. The maximum Gasteiger partial charge on any atom is 0.337 e. The first-order chi connectivity index (χ1) is 8.16. The van der Waals surface area contributed by atoms with Gasteiger partial charge in [-0.25, -0.2) is 4.79 Å². The molecule has 0 aliphatic carbocycles. The molecule has 0 saturated carbocycles. The van der Waals surface area contributed by atoms with Crippen LogP contribution in [0.4, 0.5) is 0 Å². The standard InChI is InChI=1S/C10H9N3O4/c14-9-2-1-7(10(15)16)5-13(9)4-3-8-11-6-17-12-8/h1-2,5-6H,3-4H2,(H,15,16). The molecule has 0 amide bonds. The number of hydrogen-bond donors (Lipinski definition) is 1. The zero-order valence-corrected chi connectivity index (χ0v) is 8.74. The van der Waals surface area contributed by atoms with Gasteiger partial charge in [0.25, 0.3) is 5.56 Å². The predicted octanol–water partition coefficient (Wildman–Crippen LogP) is 0.172. The minimum atomic E-state index is -1.07. The van der Waals surface area contributed by atoms with E-state index in [9.17, 15) is 9.59 Å². The van der Waals surface area contributed by atoms with Crippen LogP contribution in [-0.2, 0) is 13.0 Å². The molecule has 2 rings (SSSR count). The van der Waals surface area contributed by atoms with Crippen LogP contribution in [0.15, 0.2) is 34.0 Å². The van der Waals surface area contributed by atoms with Crippen LogP contribution in [0.5, 0.6) is 0 Å². The topological polar surface area (TPSA) is 98.2 Å². The average molecular weight is 235 g/mol. The highest BCUT2D eigenvalue weighted by molar-refractivity contribution is 5.87. The van der Waals surface area contributed by atoms with Gasteiger partial charge in [-0.05, 0) is 6.07 Å². The van der Waals surface area contributed by atoms with Crippen LogP contribution >= 0.6 is 0 Å². The fraction of sp³-hybridized carbons (Fsp3) is 0.200. The van der Waals surface area contributed by atoms with Crippen molar-refractivity contribution in [1.82, 2.24) is 14.7 Å². The Balaban J connectivity index is 2.17. The molecular weight excluding hydrogens is 226 g/mol. The summed E-state index contributed by atoms with van der Waals surface area (Å²) in [7, 11) is 0. The molecule has 7 nitrogen and oxygen atoms in total. The van der Waals surface area contributed by atoms with Crippen LogP contribution in [0.3, 0.4) is 0 Å². The van der Waals surface area contributed by atoms with Crippen molar-refractivity contribution >= 4 is 5.97 Å². The van der Waals surface area contributed by atoms with E-state index in [0.717, 1.165) is 0 Å². The Labute approximate surface area is 95.3 Å². The van der Waals surface area contributed by atoms with Crippen molar-refractivity contribution in [1.29, 1.82) is 0 Å². The van der Waals surface area contributed by atoms with Gasteiger partial charge in [0.1, 0.15) is 0 Å². The number of rotatable bonds is 4. The van der Waals surface area contributed by atoms with Crippen LogP contribution < -0.4 is 5.56 Å². The summed E-state index contributed by atoms with van der Waals surface area (Å²) >= 11 is 0. The highest BCUT2D eigenvalue weighted by Gasteiger charge is 2.06. The van der Waals surface area contributed by atoms with E-state index in [-0.39, 0.29) is 11.1 Å². The Bertz CT molecular complexity index is 573. The van der Waals surface area contributed by atoms with Crippen LogP contribution in [0.1, 0.15) is 16.2 Å². The Morgan fingerprint density at radius 3 is 2.94 bits per heavy atom. The van der Waals surface area contributed by atoms with E-state index in [1.165, 1.54) is 29.3 Å². The SMILES string of the molecule is O=C(O)c1ccc(=O)n(CCc2ncon2)c1. The molecule has 7 heteroatoms. The largest absolute Gasteiger partial charge is 0.478 e. The van der Waals surface area contributed by atoms with Gasteiger partial charge in [0.2, 0.25) is 6.39 Å². The molecule has 2 aromatic heterocycles. The minimum Gasteiger partial charge on any atom is -0.478 e. The summed E-state index contributed by atoms with van der Waals surface area (Å²) in [6, 6.07) is 2.50. The number of carbonyl (C=O) groups is 1. The average Bonchev–Trinajstić information content (AvgIpc) is 2.80. The van der Waals surface area contributed by atoms with E-state index in [0.29, 0.717) is 18.8 Å². The highest BCUT2D eigenvalue weighted by Crippen LogP contribution is 1.98. The lowest BCUT2D eigenvalue weighted by atomic mass is 10.3. The molecule has 0 aliphatic heterocycles. The molecule has 2 aromatic rings. The number of aromatic nitrogens is 3. The molecule has 0 radical (unpaired) electrons. The Hall–Kier alpha value is -2.44. The summed E-state index contributed by atoms with van der Waals surface area (Å²) in [6.45, 7) is 0.305. The molecule has 0 fully saturated rings. The lowest BCUT2D eigenvalue weighted by Gasteiger charge is -2.04. The predicted molar refractivity (Wildman–Crippen MR) is 55.7 cm³/mol. The lowest BCUT2D eigenvalue weighted by Crippen LogP contribution is -2.21. The van der Waals surface area contributed by atoms with E-state index in [4.69, 9.17) is 5.11 Å². The summed E-state index contributed by atoms with van der Waals surface area (Å²) in [4.78, 5) is 26.0. The lowest BCUT2D eigenvalue weighted by molar-refractivity contribution is 0.0696. The molecule has 0 unspecified atom stereocenters. The van der Waals surface area contributed by atoms with Crippen molar-refractivity contribution in [3.8, 4) is 0 Å². The third kappa shape index (κ3) is 2.57. The van der Waals surface area contributed by atoms with Gasteiger partial charge in [-0.1, -0.05) is 5.16 Å². The van der Waals surface area contributed by atoms with Crippen molar-refractivity contribution < 1.29 is 14.4 Å². The normalized spacial score (nSPS) is 10.4. The summed E-state index contributed by atoms with van der Waals surface area (Å²) < 4.78 is 5.86. The van der Waals surface area contributed by atoms with Gasteiger partial charge in [-0.3, -0.25) is 4.79 Å². The Kier molecular flexibility index (Phi) is 2.99. The van der Waals surface area contributed by atoms with Gasteiger partial charge in [0, 0.05) is 25.2 Å². The second-order valence-corrected chi connectivity index (χ2v) is 3.35. The first-order valence-corrected chi connectivity index (χ1v) is 4.86. The van der Waals surface area contributed by atoms with Crippen molar-refractivity contribution in [2.45, 2.75) is 13.0 Å². The van der Waals surface area contributed by atoms with E-state index in [2.05, 4.69) is 14.7 Å². The second-order valence-electron chi connectivity index (χ2n) is 3.35. The maximum atomic E-state index is 11.5. The van der Waals surface area contributed by atoms with Crippen molar-refractivity contribution in [3.05, 3.63) is 46.5 Å². The van der Waals surface area contributed by atoms with E-state index < -0.39 is 5.97 Å². The highest BCUT2D eigenvalue weighted by atomic mass is 16.5. The molecule has 1 N–H and O–H groups in total. The Morgan fingerprint density at radius 2 is 2.29 bits per heavy atom. The van der Waals surface area contributed by atoms with Gasteiger partial charge in [-0.15, -0.1) is 0 Å². The molecule has 0 aromatic carbocycles. The number of hydrogen-bond acceptors (Lipinski definition) is 5. The molecule has 0 saturated heterocycles. The molecule has 0 atom stereocenters. The van der Waals surface area contributed by atoms with Gasteiger partial charge in [0.15, 0.2) is 5.82 Å². The van der Waals surface area contributed by atoms with Gasteiger partial charge < -0.3 is 14.2 Å². The number of aryl methyl sites for hydroxylation is 2. The van der Waals surface area contributed by atoms with Crippen LogP contribution in [0.2, 0.25) is 0 Å². The number of nitrogens with zero attached hydrogens (tertiary/aromatic N) is 3. The first-order valence-electron chi connectivity index (χ1n) is 4.86. The van der Waals surface area contributed by atoms with E-state index >= 15 is 0 Å². The monoisotopic (exact) mass is 235 g/mol. The third-order valence-electron chi connectivity index (χ3n) is 2.21. The fourth-order valence-corrected chi connectivity index (χ4v) is 1.36.